The number of nitrogens with two attached hydrogens (primary N) is 1. The fourth-order valence-electron chi connectivity index (χ4n) is 2.17. The molecule has 0 aromatic heterocycles. The molecule has 2 rings (SSSR count). The summed E-state index contributed by atoms with van der Waals surface area (Å²) in [4.78, 5) is 11.8. The van der Waals surface area contributed by atoms with Gasteiger partial charge >= 0.3 is 0 Å². The molecular weight excluding hydrogens is 228 g/mol. The third-order valence-electron chi connectivity index (χ3n) is 3.33. The van der Waals surface area contributed by atoms with Crippen molar-refractivity contribution < 1.29 is 9.53 Å². The Morgan fingerprint density at radius 3 is 2.83 bits per heavy atom. The molecule has 0 bridgehead atoms. The summed E-state index contributed by atoms with van der Waals surface area (Å²) in [6.07, 6.45) is 1.28. The van der Waals surface area contributed by atoms with Crippen LogP contribution < -0.4 is 11.1 Å². The first kappa shape index (κ1) is 13.1. The maximum atomic E-state index is 11.8. The van der Waals surface area contributed by atoms with E-state index < -0.39 is 0 Å². The molecule has 1 aromatic carbocycles. The summed E-state index contributed by atoms with van der Waals surface area (Å²) in [5.74, 6) is 0.332. The Morgan fingerprint density at radius 2 is 2.11 bits per heavy atom. The van der Waals surface area contributed by atoms with Crippen molar-refractivity contribution in [3.05, 3.63) is 35.9 Å². The third kappa shape index (κ3) is 3.55. The van der Waals surface area contributed by atoms with E-state index in [0.29, 0.717) is 26.2 Å². The van der Waals surface area contributed by atoms with Crippen molar-refractivity contribution in [1.82, 2.24) is 5.32 Å². The maximum Gasteiger partial charge on any atom is 0.220 e. The van der Waals surface area contributed by atoms with Crippen LogP contribution in [-0.2, 0) is 16.0 Å². The second-order valence-corrected chi connectivity index (χ2v) is 4.69. The van der Waals surface area contributed by atoms with Crippen LogP contribution in [0.15, 0.2) is 30.3 Å². The molecule has 1 amide bonds. The van der Waals surface area contributed by atoms with Gasteiger partial charge in [-0.05, 0) is 18.5 Å². The van der Waals surface area contributed by atoms with Crippen LogP contribution in [0.5, 0.6) is 0 Å². The van der Waals surface area contributed by atoms with Gasteiger partial charge in [-0.15, -0.1) is 0 Å². The molecule has 4 heteroatoms. The molecule has 0 aliphatic carbocycles. The first-order chi connectivity index (χ1) is 8.79. The van der Waals surface area contributed by atoms with Crippen LogP contribution in [0.3, 0.4) is 0 Å². The lowest BCUT2D eigenvalue weighted by atomic mass is 10.0. The number of ether oxygens (including phenoxy) is 1. The Morgan fingerprint density at radius 1 is 1.33 bits per heavy atom. The summed E-state index contributed by atoms with van der Waals surface area (Å²) in [6, 6.07) is 10.1. The fourth-order valence-corrected chi connectivity index (χ4v) is 2.17. The van der Waals surface area contributed by atoms with Crippen LogP contribution in [0.2, 0.25) is 0 Å². The monoisotopic (exact) mass is 248 g/mol. The van der Waals surface area contributed by atoms with Crippen LogP contribution in [0.4, 0.5) is 0 Å². The van der Waals surface area contributed by atoms with Gasteiger partial charge in [0, 0.05) is 12.3 Å². The number of carbonyl (C=O) groups excluding carboxylic acids is 1. The van der Waals surface area contributed by atoms with Crippen LogP contribution in [0, 0.1) is 5.92 Å². The highest BCUT2D eigenvalue weighted by Crippen LogP contribution is 2.12. The van der Waals surface area contributed by atoms with E-state index in [4.69, 9.17) is 10.5 Å². The normalized spacial score (nSPS) is 22.9. The molecule has 1 fully saturated rings. The van der Waals surface area contributed by atoms with E-state index in [9.17, 15) is 4.79 Å². The highest BCUT2D eigenvalue weighted by atomic mass is 16.5. The van der Waals surface area contributed by atoms with Gasteiger partial charge in [0.1, 0.15) is 0 Å². The number of hydrogen-bond donors (Lipinski definition) is 2. The topological polar surface area (TPSA) is 64.3 Å². The van der Waals surface area contributed by atoms with Gasteiger partial charge in [-0.3, -0.25) is 4.79 Å². The van der Waals surface area contributed by atoms with Gasteiger partial charge in [0.2, 0.25) is 5.91 Å². The van der Waals surface area contributed by atoms with Crippen molar-refractivity contribution in [3.63, 3.8) is 0 Å². The molecule has 1 aliphatic heterocycles. The van der Waals surface area contributed by atoms with Crippen molar-refractivity contribution in [2.24, 2.45) is 11.7 Å². The molecule has 4 nitrogen and oxygen atoms in total. The Hall–Kier alpha value is -1.39. The maximum absolute atomic E-state index is 11.8. The number of amides is 1. The van der Waals surface area contributed by atoms with E-state index in [2.05, 4.69) is 5.32 Å². The van der Waals surface area contributed by atoms with Gasteiger partial charge in [0.25, 0.3) is 0 Å². The first-order valence-corrected chi connectivity index (χ1v) is 6.40. The molecular formula is C14H20N2O2. The third-order valence-corrected chi connectivity index (χ3v) is 3.33. The zero-order valence-electron chi connectivity index (χ0n) is 10.5. The van der Waals surface area contributed by atoms with Crippen molar-refractivity contribution in [2.75, 3.05) is 19.8 Å². The largest absolute Gasteiger partial charge is 0.379 e. The van der Waals surface area contributed by atoms with Crippen LogP contribution in [0.1, 0.15) is 12.0 Å². The Balaban J connectivity index is 1.75. The smallest absolute Gasteiger partial charge is 0.220 e. The van der Waals surface area contributed by atoms with E-state index in [1.807, 2.05) is 30.3 Å². The standard InChI is InChI=1S/C14H20N2O2/c15-8-12-9-18-10-13(12)16-14(17)7-6-11-4-2-1-3-5-11/h1-5,12-13H,6-10,15H2,(H,16,17)/t12-,13-/m1/s1. The average molecular weight is 248 g/mol. The Bertz CT molecular complexity index is 381. The Kier molecular flexibility index (Phi) is 4.73. The van der Waals surface area contributed by atoms with Crippen molar-refractivity contribution in [2.45, 2.75) is 18.9 Å². The second kappa shape index (κ2) is 6.52. The molecule has 0 radical (unpaired) electrons. The lowest BCUT2D eigenvalue weighted by molar-refractivity contribution is -0.122. The lowest BCUT2D eigenvalue weighted by Crippen LogP contribution is -2.42. The molecule has 0 unspecified atom stereocenters. The van der Waals surface area contributed by atoms with Gasteiger partial charge < -0.3 is 15.8 Å². The average Bonchev–Trinajstić information content (AvgIpc) is 2.85. The van der Waals surface area contributed by atoms with Gasteiger partial charge in [-0.1, -0.05) is 30.3 Å². The summed E-state index contributed by atoms with van der Waals surface area (Å²) in [5, 5.41) is 3.01. The highest BCUT2D eigenvalue weighted by Gasteiger charge is 2.27. The number of hydrogen-bond acceptors (Lipinski definition) is 3. The van der Waals surface area contributed by atoms with Gasteiger partial charge in [0.05, 0.1) is 19.3 Å². The predicted molar refractivity (Wildman–Crippen MR) is 70.1 cm³/mol. The van der Waals surface area contributed by atoms with E-state index in [-0.39, 0.29) is 17.9 Å². The van der Waals surface area contributed by atoms with Crippen molar-refractivity contribution in [3.8, 4) is 0 Å². The van der Waals surface area contributed by atoms with Crippen molar-refractivity contribution in [1.29, 1.82) is 0 Å². The number of benzene rings is 1. The quantitative estimate of drug-likeness (QED) is 0.806. The molecule has 3 N–H and O–H groups in total. The zero-order valence-corrected chi connectivity index (χ0v) is 10.5. The van der Waals surface area contributed by atoms with E-state index in [1.165, 1.54) is 5.56 Å². The van der Waals surface area contributed by atoms with Gasteiger partial charge in [-0.2, -0.15) is 0 Å². The summed E-state index contributed by atoms with van der Waals surface area (Å²) in [5.41, 5.74) is 6.82. The summed E-state index contributed by atoms with van der Waals surface area (Å²) in [7, 11) is 0. The molecule has 2 atom stereocenters. The van der Waals surface area contributed by atoms with Gasteiger partial charge in [-0.25, -0.2) is 0 Å². The van der Waals surface area contributed by atoms with Crippen molar-refractivity contribution >= 4 is 5.91 Å². The second-order valence-electron chi connectivity index (χ2n) is 4.69. The number of carbonyl (C=O) groups is 1. The lowest BCUT2D eigenvalue weighted by Gasteiger charge is -2.17. The molecule has 1 saturated heterocycles. The molecule has 0 spiro atoms. The fraction of sp³-hybridized carbons (Fsp3) is 0.500. The van der Waals surface area contributed by atoms with Crippen LogP contribution >= 0.6 is 0 Å². The SMILES string of the molecule is NC[C@@H]1COC[C@H]1NC(=O)CCc1ccccc1. The predicted octanol–water partition coefficient (Wildman–Crippen LogP) is 0.709. The number of aryl methyl sites for hydroxylation is 1. The number of rotatable bonds is 5. The minimum atomic E-state index is 0.0767. The molecule has 1 aromatic rings. The molecule has 18 heavy (non-hydrogen) atoms. The van der Waals surface area contributed by atoms with E-state index in [0.717, 1.165) is 6.42 Å². The van der Waals surface area contributed by atoms with Crippen LogP contribution in [-0.4, -0.2) is 31.7 Å². The molecule has 1 heterocycles. The molecule has 0 saturated carbocycles. The van der Waals surface area contributed by atoms with E-state index >= 15 is 0 Å². The minimum absolute atomic E-state index is 0.0767. The molecule has 1 aliphatic rings. The summed E-state index contributed by atoms with van der Waals surface area (Å²) < 4.78 is 5.33. The van der Waals surface area contributed by atoms with E-state index in [1.54, 1.807) is 0 Å². The minimum Gasteiger partial charge on any atom is -0.379 e. The summed E-state index contributed by atoms with van der Waals surface area (Å²) >= 11 is 0. The van der Waals surface area contributed by atoms with Crippen LogP contribution in [0.25, 0.3) is 0 Å². The first-order valence-electron chi connectivity index (χ1n) is 6.40. The van der Waals surface area contributed by atoms with Gasteiger partial charge in [0.15, 0.2) is 0 Å². The number of nitrogens with one attached hydrogen (secondary N) is 1. The summed E-state index contributed by atoms with van der Waals surface area (Å²) in [6.45, 7) is 1.79. The Labute approximate surface area is 108 Å². The zero-order chi connectivity index (χ0) is 12.8. The highest BCUT2D eigenvalue weighted by molar-refractivity contribution is 5.76. The molecule has 98 valence electrons.